The number of hydrogen-bond donors (Lipinski definition) is 2. The molecule has 0 aliphatic carbocycles. The molecule has 8 rings (SSSR count). The maximum atomic E-state index is 14.7. The highest BCUT2D eigenvalue weighted by molar-refractivity contribution is 5.75. The molecule has 0 saturated heterocycles. The number of rotatable bonds is 12. The van der Waals surface area contributed by atoms with Crippen LogP contribution in [0, 0.1) is 46.5 Å². The Morgan fingerprint density at radius 1 is 0.364 bits per heavy atom. The number of aldehydes is 1. The van der Waals surface area contributed by atoms with Crippen molar-refractivity contribution < 1.29 is 50.5 Å². The van der Waals surface area contributed by atoms with Crippen molar-refractivity contribution in [3.05, 3.63) is 215 Å². The lowest BCUT2D eigenvalue weighted by molar-refractivity contribution is -0.107. The van der Waals surface area contributed by atoms with Crippen molar-refractivity contribution in [2.24, 2.45) is 0 Å². The van der Waals surface area contributed by atoms with Crippen LogP contribution in [0.2, 0.25) is 0 Å². The summed E-state index contributed by atoms with van der Waals surface area (Å²) >= 11 is 0. The van der Waals surface area contributed by atoms with Crippen LogP contribution in [0.15, 0.2) is 158 Å². The van der Waals surface area contributed by atoms with E-state index in [1.165, 1.54) is 24.3 Å². The van der Waals surface area contributed by atoms with Gasteiger partial charge >= 0.3 is 0 Å². The number of carbonyl (C=O) groups is 1. The summed E-state index contributed by atoms with van der Waals surface area (Å²) in [5.74, 6) is -9.93. The zero-order valence-corrected chi connectivity index (χ0v) is 35.2. The minimum atomic E-state index is -1.58. The van der Waals surface area contributed by atoms with Gasteiger partial charge in [0.05, 0.1) is 0 Å². The summed E-state index contributed by atoms with van der Waals surface area (Å²) in [6.07, 6.45) is 3.66. The summed E-state index contributed by atoms with van der Waals surface area (Å²) in [5.41, 5.74) is 8.94. The maximum absolute atomic E-state index is 14.7. The second kappa shape index (κ2) is 22.6. The van der Waals surface area contributed by atoms with Gasteiger partial charge in [-0.2, -0.15) is 0 Å². The third-order valence-electron chi connectivity index (χ3n) is 10.7. The molecule has 12 heteroatoms. The Bertz CT molecular complexity index is 2860. The third-order valence-corrected chi connectivity index (χ3v) is 10.7. The number of aliphatic hydroxyl groups excluding tert-OH is 1. The largest absolute Gasteiger partial charge is 0.412 e. The Hall–Kier alpha value is -7.25. The van der Waals surface area contributed by atoms with Gasteiger partial charge in [0, 0.05) is 24.2 Å². The van der Waals surface area contributed by atoms with Crippen molar-refractivity contribution in [3.8, 4) is 66.8 Å². The monoisotopic (exact) mass is 905 g/mol. The van der Waals surface area contributed by atoms with Gasteiger partial charge in [-0.3, -0.25) is 0 Å². The fourth-order valence-electron chi connectivity index (χ4n) is 7.23. The van der Waals surface area contributed by atoms with Crippen LogP contribution in [0.4, 0.5) is 35.1 Å². The predicted octanol–water partition coefficient (Wildman–Crippen LogP) is 13.9. The minimum Gasteiger partial charge on any atom is -0.412 e. The van der Waals surface area contributed by atoms with E-state index in [1.807, 2.05) is 97.1 Å². The highest BCUT2D eigenvalue weighted by atomic mass is 19.2. The van der Waals surface area contributed by atoms with E-state index in [9.17, 15) is 39.9 Å². The topological polar surface area (TPSA) is 104 Å². The molecule has 4 nitrogen and oxygen atoms in total. The van der Waals surface area contributed by atoms with Gasteiger partial charge in [0.15, 0.2) is 34.9 Å². The molecule has 0 aliphatic heterocycles. The van der Waals surface area contributed by atoms with Crippen LogP contribution in [0.5, 0.6) is 0 Å². The molecule has 0 saturated carbocycles. The first-order chi connectivity index (χ1) is 30.9. The normalized spacial score (nSPS) is 10.6. The van der Waals surface area contributed by atoms with Crippen LogP contribution in [-0.4, -0.2) is 23.5 Å². The molecule has 0 spiro atoms. The summed E-state index contributed by atoms with van der Waals surface area (Å²) in [7, 11) is 0. The standard InChI is InChI=1S/C27H20F4O.C27H18F4O.H3N.H2O/c2*28-24-14-21(11-12-23(24)22-15-25(29)27(31)26(30)16-22)20-9-7-19(8-10-20)18-5-3-17(4-6-18)2-1-13-32;;/h3-12,14-16,32H,1-2,13H2;3-16H,1-2H2;1H3;1H2. The number of carbonyl (C=O) groups excluding carboxylic acids is 1. The molecule has 0 bridgehead atoms. The van der Waals surface area contributed by atoms with E-state index in [2.05, 4.69) is 0 Å². The smallest absolute Gasteiger partial charge is 0.194 e. The van der Waals surface area contributed by atoms with Crippen LogP contribution in [0.3, 0.4) is 0 Å². The van der Waals surface area contributed by atoms with Gasteiger partial charge in [0.1, 0.15) is 17.9 Å². The van der Waals surface area contributed by atoms with Crippen LogP contribution in [0.25, 0.3) is 66.8 Å². The van der Waals surface area contributed by atoms with Crippen molar-refractivity contribution in [1.82, 2.24) is 6.15 Å². The summed E-state index contributed by atoms with van der Waals surface area (Å²) < 4.78 is 110. The predicted molar refractivity (Wildman–Crippen MR) is 244 cm³/mol. The Labute approximate surface area is 376 Å². The molecule has 0 radical (unpaired) electrons. The lowest BCUT2D eigenvalue weighted by Crippen LogP contribution is -1.94. The number of hydrogen-bond acceptors (Lipinski definition) is 3. The van der Waals surface area contributed by atoms with E-state index < -0.39 is 46.5 Å². The van der Waals surface area contributed by atoms with Crippen molar-refractivity contribution in [2.75, 3.05) is 6.61 Å². The molecule has 66 heavy (non-hydrogen) atoms. The van der Waals surface area contributed by atoms with Gasteiger partial charge in [-0.1, -0.05) is 121 Å². The zero-order chi connectivity index (χ0) is 45.3. The van der Waals surface area contributed by atoms with Gasteiger partial charge in [-0.25, -0.2) is 35.1 Å². The van der Waals surface area contributed by atoms with Crippen LogP contribution in [0.1, 0.15) is 24.0 Å². The molecular formula is C54H43F8NO3. The number of halogens is 8. The Balaban J connectivity index is 0.000000240. The molecule has 0 aliphatic rings. The zero-order valence-electron chi connectivity index (χ0n) is 35.2. The van der Waals surface area contributed by atoms with E-state index >= 15 is 0 Å². The summed E-state index contributed by atoms with van der Waals surface area (Å²) in [4.78, 5) is 10.5. The molecule has 8 aromatic carbocycles. The van der Waals surface area contributed by atoms with Crippen LogP contribution >= 0.6 is 0 Å². The van der Waals surface area contributed by atoms with E-state index in [4.69, 9.17) is 5.11 Å². The average molecular weight is 906 g/mol. The third kappa shape index (κ3) is 11.7. The first kappa shape index (κ1) is 49.8. The second-order valence-corrected chi connectivity index (χ2v) is 15.0. The van der Waals surface area contributed by atoms with Gasteiger partial charge < -0.3 is 21.5 Å². The second-order valence-electron chi connectivity index (χ2n) is 15.0. The molecule has 0 heterocycles. The van der Waals surface area contributed by atoms with Gasteiger partial charge in [0.2, 0.25) is 0 Å². The van der Waals surface area contributed by atoms with Crippen LogP contribution < -0.4 is 6.15 Å². The summed E-state index contributed by atoms with van der Waals surface area (Å²) in [5, 5.41) is 8.94. The van der Waals surface area contributed by atoms with E-state index in [0.717, 1.165) is 87.9 Å². The Morgan fingerprint density at radius 3 is 0.939 bits per heavy atom. The number of aryl methyl sites for hydroxylation is 2. The minimum absolute atomic E-state index is 0. The summed E-state index contributed by atoms with van der Waals surface area (Å²) in [6, 6.07) is 43.1. The van der Waals surface area contributed by atoms with Gasteiger partial charge in [-0.15, -0.1) is 0 Å². The Kier molecular flexibility index (Phi) is 17.0. The number of benzene rings is 8. The molecule has 0 unspecified atom stereocenters. The fraction of sp³-hybridized carbons (Fsp3) is 0.0926. The molecular weight excluding hydrogens is 863 g/mol. The van der Waals surface area contributed by atoms with Crippen molar-refractivity contribution in [3.63, 3.8) is 0 Å². The highest BCUT2D eigenvalue weighted by Crippen LogP contribution is 2.33. The van der Waals surface area contributed by atoms with E-state index in [0.29, 0.717) is 24.0 Å². The maximum Gasteiger partial charge on any atom is 0.194 e. The first-order valence-corrected chi connectivity index (χ1v) is 20.3. The molecule has 6 N–H and O–H groups in total. The summed E-state index contributed by atoms with van der Waals surface area (Å²) in [6.45, 7) is 0.169. The van der Waals surface area contributed by atoms with E-state index in [-0.39, 0.29) is 40.5 Å². The van der Waals surface area contributed by atoms with Gasteiger partial charge in [-0.05, 0) is 122 Å². The molecule has 8 aromatic rings. The molecule has 0 fully saturated rings. The lowest BCUT2D eigenvalue weighted by Gasteiger charge is -2.09. The van der Waals surface area contributed by atoms with Crippen molar-refractivity contribution in [2.45, 2.75) is 25.7 Å². The SMILES string of the molecule is N.O.O=CCCc1ccc(-c2ccc(-c3ccc(-c4cc(F)c(F)c(F)c4)c(F)c3)cc2)cc1.OCCCc1ccc(-c2ccc(-c3ccc(-c4cc(F)c(F)c(F)c4)c(F)c3)cc2)cc1. The van der Waals surface area contributed by atoms with Crippen LogP contribution in [-0.2, 0) is 17.6 Å². The van der Waals surface area contributed by atoms with Crippen molar-refractivity contribution >= 4 is 6.29 Å². The van der Waals surface area contributed by atoms with Crippen molar-refractivity contribution in [1.29, 1.82) is 0 Å². The lowest BCUT2D eigenvalue weighted by atomic mass is 9.97. The fourth-order valence-corrected chi connectivity index (χ4v) is 7.23. The van der Waals surface area contributed by atoms with E-state index in [1.54, 1.807) is 12.1 Å². The molecule has 0 aromatic heterocycles. The average Bonchev–Trinajstić information content (AvgIpc) is 3.31. The quantitative estimate of drug-likeness (QED) is 0.0725. The number of aliphatic hydroxyl groups is 1. The Morgan fingerprint density at radius 2 is 0.636 bits per heavy atom. The van der Waals surface area contributed by atoms with Gasteiger partial charge in [0.25, 0.3) is 0 Å². The molecule has 338 valence electrons. The molecule has 0 atom stereocenters. The molecule has 0 amide bonds. The highest BCUT2D eigenvalue weighted by Gasteiger charge is 2.17. The first-order valence-electron chi connectivity index (χ1n) is 20.3.